The Bertz CT molecular complexity index is 173. The summed E-state index contributed by atoms with van der Waals surface area (Å²) in [6.07, 6.45) is 5.98. The van der Waals surface area contributed by atoms with Crippen molar-refractivity contribution < 1.29 is 4.21 Å². The van der Waals surface area contributed by atoms with Crippen molar-refractivity contribution in [3.63, 3.8) is 0 Å². The fourth-order valence-corrected chi connectivity index (χ4v) is 2.53. The monoisotopic (exact) mass is 173 g/mol. The summed E-state index contributed by atoms with van der Waals surface area (Å²) in [7, 11) is -0.580. The van der Waals surface area contributed by atoms with Gasteiger partial charge in [-0.25, -0.2) is 0 Å². The van der Waals surface area contributed by atoms with Gasteiger partial charge in [-0.2, -0.15) is 0 Å². The van der Waals surface area contributed by atoms with Crippen LogP contribution in [-0.4, -0.2) is 39.7 Å². The van der Waals surface area contributed by atoms with Crippen LogP contribution in [0.15, 0.2) is 0 Å². The van der Waals surface area contributed by atoms with E-state index in [-0.39, 0.29) is 0 Å². The molecule has 1 saturated carbocycles. The van der Waals surface area contributed by atoms with E-state index in [1.807, 2.05) is 6.26 Å². The summed E-state index contributed by atoms with van der Waals surface area (Å²) in [4.78, 5) is 2.48. The second-order valence-corrected chi connectivity index (χ2v) is 5.32. The largest absolute Gasteiger partial charge is 0.298 e. The summed E-state index contributed by atoms with van der Waals surface area (Å²) in [5.74, 6) is 0. The molecule has 1 atom stereocenters. The molecule has 2 nitrogen and oxygen atoms in total. The number of hydrogen-bond donors (Lipinski definition) is 0. The molecule has 1 unspecified atom stereocenters. The smallest absolute Gasteiger partial charge is 0.0599 e. The molecule has 0 aromatic heterocycles. The lowest BCUT2D eigenvalue weighted by molar-refractivity contribution is 0.0722. The molecule has 11 heavy (non-hydrogen) atoms. The molecule has 0 amide bonds. The second-order valence-electron chi connectivity index (χ2n) is 3.66. The lowest BCUT2D eigenvalue weighted by Crippen LogP contribution is -2.58. The number of hydrogen-bond acceptors (Lipinski definition) is 2. The Morgan fingerprint density at radius 2 is 2.00 bits per heavy atom. The highest BCUT2D eigenvalue weighted by molar-refractivity contribution is 7.85. The van der Waals surface area contributed by atoms with Crippen LogP contribution in [0.2, 0.25) is 0 Å². The quantitative estimate of drug-likeness (QED) is 0.609. The van der Waals surface area contributed by atoms with E-state index in [1.165, 1.54) is 19.3 Å². The summed E-state index contributed by atoms with van der Waals surface area (Å²) in [5, 5.41) is 0.482. The Labute approximate surface area is 70.4 Å². The fourth-order valence-electron chi connectivity index (χ4n) is 1.73. The van der Waals surface area contributed by atoms with E-state index < -0.39 is 10.8 Å². The molecule has 1 aliphatic heterocycles. The van der Waals surface area contributed by atoms with Crippen molar-refractivity contribution in [2.45, 2.75) is 30.6 Å². The summed E-state index contributed by atoms with van der Waals surface area (Å²) in [6.45, 7) is 2.18. The first-order valence-corrected chi connectivity index (χ1v) is 5.96. The molecule has 2 rings (SSSR count). The average molecular weight is 173 g/mol. The van der Waals surface area contributed by atoms with E-state index in [1.54, 1.807) is 0 Å². The van der Waals surface area contributed by atoms with Crippen LogP contribution < -0.4 is 0 Å². The van der Waals surface area contributed by atoms with Crippen molar-refractivity contribution in [1.82, 2.24) is 4.90 Å². The Balaban J connectivity index is 1.74. The summed E-state index contributed by atoms with van der Waals surface area (Å²) in [6, 6.07) is 0.856. The minimum Gasteiger partial charge on any atom is -0.298 e. The molecule has 0 N–H and O–H groups in total. The van der Waals surface area contributed by atoms with Crippen molar-refractivity contribution >= 4 is 10.8 Å². The van der Waals surface area contributed by atoms with Gasteiger partial charge in [-0.1, -0.05) is 6.42 Å². The zero-order valence-corrected chi connectivity index (χ0v) is 7.77. The van der Waals surface area contributed by atoms with Gasteiger partial charge in [0.2, 0.25) is 0 Å². The molecule has 0 aromatic carbocycles. The SMILES string of the molecule is CS(=O)C1CN(C2CCC2)C1. The third-order valence-electron chi connectivity index (χ3n) is 2.94. The van der Waals surface area contributed by atoms with Gasteiger partial charge in [-0.3, -0.25) is 9.11 Å². The predicted octanol–water partition coefficient (Wildman–Crippen LogP) is 0.602. The van der Waals surface area contributed by atoms with Crippen LogP contribution in [0.25, 0.3) is 0 Å². The van der Waals surface area contributed by atoms with Crippen molar-refractivity contribution in [3.05, 3.63) is 0 Å². The number of likely N-dealkylation sites (tertiary alicyclic amines) is 1. The zero-order valence-electron chi connectivity index (χ0n) is 6.95. The fraction of sp³-hybridized carbons (Fsp3) is 1.00. The van der Waals surface area contributed by atoms with Crippen molar-refractivity contribution in [3.8, 4) is 0 Å². The van der Waals surface area contributed by atoms with E-state index in [9.17, 15) is 4.21 Å². The number of nitrogens with zero attached hydrogens (tertiary/aromatic N) is 1. The highest BCUT2D eigenvalue weighted by Crippen LogP contribution is 2.29. The van der Waals surface area contributed by atoms with Gasteiger partial charge in [0, 0.05) is 36.2 Å². The molecule has 1 saturated heterocycles. The van der Waals surface area contributed by atoms with Crippen molar-refractivity contribution in [1.29, 1.82) is 0 Å². The molecule has 1 heterocycles. The average Bonchev–Trinajstić information content (AvgIpc) is 1.70. The van der Waals surface area contributed by atoms with Crippen LogP contribution in [0.1, 0.15) is 19.3 Å². The van der Waals surface area contributed by atoms with Crippen molar-refractivity contribution in [2.24, 2.45) is 0 Å². The maximum Gasteiger partial charge on any atom is 0.0599 e. The van der Waals surface area contributed by atoms with E-state index >= 15 is 0 Å². The first-order chi connectivity index (χ1) is 5.27. The number of rotatable bonds is 2. The Morgan fingerprint density at radius 1 is 1.36 bits per heavy atom. The van der Waals surface area contributed by atoms with Crippen LogP contribution in [0.3, 0.4) is 0 Å². The van der Waals surface area contributed by atoms with Gasteiger partial charge < -0.3 is 0 Å². The topological polar surface area (TPSA) is 20.3 Å². The summed E-state index contributed by atoms with van der Waals surface area (Å²) < 4.78 is 11.0. The van der Waals surface area contributed by atoms with E-state index in [4.69, 9.17) is 0 Å². The highest BCUT2D eigenvalue weighted by Gasteiger charge is 2.36. The first kappa shape index (κ1) is 7.74. The van der Waals surface area contributed by atoms with Crippen LogP contribution in [0.5, 0.6) is 0 Å². The Hall–Kier alpha value is 0.110. The molecule has 64 valence electrons. The summed E-state index contributed by atoms with van der Waals surface area (Å²) in [5.41, 5.74) is 0. The highest BCUT2D eigenvalue weighted by atomic mass is 32.2. The lowest BCUT2D eigenvalue weighted by Gasteiger charge is -2.47. The van der Waals surface area contributed by atoms with E-state index in [0.717, 1.165) is 19.1 Å². The third-order valence-corrected chi connectivity index (χ3v) is 4.17. The second kappa shape index (κ2) is 2.87. The molecular formula is C8H15NOS. The van der Waals surface area contributed by atoms with Gasteiger partial charge in [0.25, 0.3) is 0 Å². The maximum atomic E-state index is 11.0. The van der Waals surface area contributed by atoms with Gasteiger partial charge >= 0.3 is 0 Å². The van der Waals surface area contributed by atoms with Crippen LogP contribution in [0.4, 0.5) is 0 Å². The van der Waals surface area contributed by atoms with Crippen molar-refractivity contribution in [2.75, 3.05) is 19.3 Å². The first-order valence-electron chi connectivity index (χ1n) is 4.33. The maximum absolute atomic E-state index is 11.0. The van der Waals surface area contributed by atoms with Gasteiger partial charge in [-0.05, 0) is 12.8 Å². The van der Waals surface area contributed by atoms with Gasteiger partial charge in [0.1, 0.15) is 0 Å². The van der Waals surface area contributed by atoms with Crippen LogP contribution in [-0.2, 0) is 10.8 Å². The Morgan fingerprint density at radius 3 is 2.36 bits per heavy atom. The van der Waals surface area contributed by atoms with E-state index in [0.29, 0.717) is 5.25 Å². The molecule has 2 aliphatic rings. The minimum atomic E-state index is -0.580. The molecular weight excluding hydrogens is 158 g/mol. The van der Waals surface area contributed by atoms with Crippen LogP contribution >= 0.6 is 0 Å². The van der Waals surface area contributed by atoms with Gasteiger partial charge in [-0.15, -0.1) is 0 Å². The van der Waals surface area contributed by atoms with Gasteiger partial charge in [0.15, 0.2) is 0 Å². The normalized spacial score (nSPS) is 31.0. The molecule has 2 fully saturated rings. The molecule has 0 radical (unpaired) electrons. The van der Waals surface area contributed by atoms with E-state index in [2.05, 4.69) is 4.90 Å². The third kappa shape index (κ3) is 1.36. The molecule has 0 spiro atoms. The molecule has 1 aliphatic carbocycles. The zero-order chi connectivity index (χ0) is 7.84. The van der Waals surface area contributed by atoms with Crippen LogP contribution in [0, 0.1) is 0 Å². The lowest BCUT2D eigenvalue weighted by atomic mass is 9.89. The predicted molar refractivity (Wildman–Crippen MR) is 47.1 cm³/mol. The Kier molecular flexibility index (Phi) is 2.02. The minimum absolute atomic E-state index is 0.482. The molecule has 3 heteroatoms. The standard InChI is InChI=1S/C8H15NOS/c1-11(10)8-5-9(6-8)7-3-2-4-7/h7-8H,2-6H2,1H3. The van der Waals surface area contributed by atoms with Gasteiger partial charge in [0.05, 0.1) is 5.25 Å². The summed E-state index contributed by atoms with van der Waals surface area (Å²) >= 11 is 0. The molecule has 0 aromatic rings. The molecule has 0 bridgehead atoms.